The van der Waals surface area contributed by atoms with Crippen molar-refractivity contribution in [3.8, 4) is 5.75 Å². The average Bonchev–Trinajstić information content (AvgIpc) is 2.91. The van der Waals surface area contributed by atoms with Gasteiger partial charge in [-0.1, -0.05) is 54.6 Å². The van der Waals surface area contributed by atoms with Gasteiger partial charge in [-0.05, 0) is 35.9 Å². The lowest BCUT2D eigenvalue weighted by atomic mass is 10.1. The summed E-state index contributed by atoms with van der Waals surface area (Å²) in [4.78, 5) is 34.7. The molecule has 0 aliphatic carbocycles. The van der Waals surface area contributed by atoms with Gasteiger partial charge in [0, 0.05) is 30.2 Å². The number of esters is 2. The Balaban J connectivity index is 1.73. The second-order valence-corrected chi connectivity index (χ2v) is 7.55. The van der Waals surface area contributed by atoms with Crippen molar-refractivity contribution in [2.45, 2.75) is 12.5 Å². The maximum Gasteiger partial charge on any atom is 0.338 e. The highest BCUT2D eigenvalue weighted by atomic mass is 16.6. The van der Waals surface area contributed by atoms with Crippen LogP contribution >= 0.6 is 0 Å². The zero-order chi connectivity index (χ0) is 25.8. The van der Waals surface area contributed by atoms with E-state index in [-0.39, 0.29) is 12.3 Å². The van der Waals surface area contributed by atoms with Gasteiger partial charge in [-0.2, -0.15) is 0 Å². The van der Waals surface area contributed by atoms with Gasteiger partial charge in [0.1, 0.15) is 11.9 Å². The summed E-state index contributed by atoms with van der Waals surface area (Å²) in [5.41, 5.74) is 1.66. The number of nitro benzene ring substituents is 1. The lowest BCUT2D eigenvalue weighted by Gasteiger charge is -2.16. The van der Waals surface area contributed by atoms with Crippen LogP contribution in [0.2, 0.25) is 0 Å². The van der Waals surface area contributed by atoms with Crippen molar-refractivity contribution < 1.29 is 28.7 Å². The molecule has 8 nitrogen and oxygen atoms in total. The minimum absolute atomic E-state index is 0.0325. The Morgan fingerprint density at radius 3 is 2.47 bits per heavy atom. The second-order valence-electron chi connectivity index (χ2n) is 7.55. The molecule has 0 fully saturated rings. The number of nitro groups is 1. The summed E-state index contributed by atoms with van der Waals surface area (Å²) in [5, 5.41) is 11.1. The van der Waals surface area contributed by atoms with Crippen LogP contribution in [-0.2, 0) is 14.3 Å². The highest BCUT2D eigenvalue weighted by Crippen LogP contribution is 2.21. The number of nitrogens with zero attached hydrogens (tertiary/aromatic N) is 1. The smallest absolute Gasteiger partial charge is 0.338 e. The van der Waals surface area contributed by atoms with Gasteiger partial charge in [-0.15, -0.1) is 0 Å². The van der Waals surface area contributed by atoms with E-state index in [0.717, 1.165) is 0 Å². The third kappa shape index (κ3) is 7.95. The fraction of sp³-hybridized carbons (Fsp3) is 0.143. The van der Waals surface area contributed by atoms with Crippen LogP contribution in [0, 0.1) is 10.1 Å². The molecule has 3 rings (SSSR count). The molecular formula is C28H25NO7. The van der Waals surface area contributed by atoms with Crippen LogP contribution in [0.1, 0.15) is 27.9 Å². The van der Waals surface area contributed by atoms with Crippen LogP contribution in [0.4, 0.5) is 5.69 Å². The molecular weight excluding hydrogens is 462 g/mol. The van der Waals surface area contributed by atoms with E-state index in [9.17, 15) is 19.7 Å². The first-order valence-corrected chi connectivity index (χ1v) is 11.1. The van der Waals surface area contributed by atoms with Crippen molar-refractivity contribution in [1.82, 2.24) is 0 Å². The van der Waals surface area contributed by atoms with Crippen molar-refractivity contribution >= 4 is 29.8 Å². The first-order chi connectivity index (χ1) is 17.5. The van der Waals surface area contributed by atoms with Crippen molar-refractivity contribution in [3.05, 3.63) is 118 Å². The molecule has 1 unspecified atom stereocenters. The second kappa shape index (κ2) is 13.2. The van der Waals surface area contributed by atoms with Gasteiger partial charge < -0.3 is 14.2 Å². The molecule has 0 aliphatic heterocycles. The summed E-state index contributed by atoms with van der Waals surface area (Å²) in [6, 6.07) is 21.9. The molecule has 8 heteroatoms. The van der Waals surface area contributed by atoms with Crippen LogP contribution < -0.4 is 4.74 Å². The third-order valence-electron chi connectivity index (χ3n) is 5.03. The number of rotatable bonds is 11. The van der Waals surface area contributed by atoms with Crippen LogP contribution in [-0.4, -0.2) is 36.7 Å². The summed E-state index contributed by atoms with van der Waals surface area (Å²) in [6.45, 7) is 0.203. The Labute approximate surface area is 208 Å². The fourth-order valence-electron chi connectivity index (χ4n) is 3.20. The average molecular weight is 488 g/mol. The minimum atomic E-state index is -0.658. The molecule has 0 aliphatic rings. The van der Waals surface area contributed by atoms with E-state index < -0.39 is 23.0 Å². The van der Waals surface area contributed by atoms with Crippen LogP contribution in [0.25, 0.3) is 12.2 Å². The first kappa shape index (κ1) is 25.9. The number of hydrogen-bond donors (Lipinski definition) is 0. The largest absolute Gasteiger partial charge is 0.493 e. The molecule has 0 amide bonds. The maximum absolute atomic E-state index is 12.6. The predicted molar refractivity (Wildman–Crippen MR) is 135 cm³/mol. The topological polar surface area (TPSA) is 105 Å². The number of hydrogen-bond acceptors (Lipinski definition) is 7. The molecule has 0 bridgehead atoms. The Hall–Kier alpha value is -4.72. The Morgan fingerprint density at radius 2 is 1.72 bits per heavy atom. The number of carbonyl (C=O) groups excluding carboxylic acids is 2. The number of para-hydroxylation sites is 1. The summed E-state index contributed by atoms with van der Waals surface area (Å²) < 4.78 is 16.2. The molecule has 184 valence electrons. The summed E-state index contributed by atoms with van der Waals surface area (Å²) >= 11 is 0. The van der Waals surface area contributed by atoms with Crippen molar-refractivity contribution in [2.75, 3.05) is 13.7 Å². The molecule has 3 aromatic rings. The van der Waals surface area contributed by atoms with Crippen LogP contribution in [0.5, 0.6) is 5.75 Å². The minimum Gasteiger partial charge on any atom is -0.493 e. The molecule has 0 N–H and O–H groups in total. The predicted octanol–water partition coefficient (Wildman–Crippen LogP) is 5.49. The molecule has 0 aromatic heterocycles. The van der Waals surface area contributed by atoms with Gasteiger partial charge in [0.15, 0.2) is 0 Å². The number of methoxy groups -OCH3 is 1. The molecule has 1 atom stereocenters. The van der Waals surface area contributed by atoms with Gasteiger partial charge >= 0.3 is 11.9 Å². The monoisotopic (exact) mass is 487 g/mol. The van der Waals surface area contributed by atoms with Gasteiger partial charge in [0.25, 0.3) is 5.69 Å². The van der Waals surface area contributed by atoms with Crippen molar-refractivity contribution in [1.29, 1.82) is 0 Å². The Kier molecular flexibility index (Phi) is 9.52. The van der Waals surface area contributed by atoms with Gasteiger partial charge in [-0.25, -0.2) is 9.59 Å². The van der Waals surface area contributed by atoms with Crippen molar-refractivity contribution in [3.63, 3.8) is 0 Å². The van der Waals surface area contributed by atoms with Gasteiger partial charge in [0.2, 0.25) is 0 Å². The number of non-ortho nitro benzene ring substituents is 1. The van der Waals surface area contributed by atoms with Gasteiger partial charge in [-0.3, -0.25) is 10.1 Å². The van der Waals surface area contributed by atoms with E-state index >= 15 is 0 Å². The zero-order valence-electron chi connectivity index (χ0n) is 19.6. The molecule has 36 heavy (non-hydrogen) atoms. The lowest BCUT2D eigenvalue weighted by Crippen LogP contribution is -2.19. The molecule has 0 spiro atoms. The van der Waals surface area contributed by atoms with E-state index in [2.05, 4.69) is 4.74 Å². The van der Waals surface area contributed by atoms with E-state index in [4.69, 9.17) is 9.47 Å². The standard InChI is InChI=1S/C28H25NO7/c1-34-27(30)17-15-22-9-5-6-13-26(22)35-19-18-25(36-28(31)23-10-3-2-4-11-23)16-14-21-8-7-12-24(20-21)29(32)33/h2-17,20,25H,18-19H2,1H3/b16-14+,17-15+. The highest BCUT2D eigenvalue weighted by molar-refractivity contribution is 5.89. The Morgan fingerprint density at radius 1 is 0.972 bits per heavy atom. The van der Waals surface area contributed by atoms with E-state index in [1.165, 1.54) is 25.3 Å². The molecule has 0 heterocycles. The SMILES string of the molecule is COC(=O)/C=C/c1ccccc1OCCC(/C=C/c1cccc([N+](=O)[O-])c1)OC(=O)c1ccccc1. The Bertz CT molecular complexity index is 1250. The van der Waals surface area contributed by atoms with Crippen molar-refractivity contribution in [2.24, 2.45) is 0 Å². The van der Waals surface area contributed by atoms with E-state index in [0.29, 0.717) is 28.9 Å². The lowest BCUT2D eigenvalue weighted by molar-refractivity contribution is -0.384. The summed E-state index contributed by atoms with van der Waals surface area (Å²) in [7, 11) is 1.30. The first-order valence-electron chi connectivity index (χ1n) is 11.1. The van der Waals surface area contributed by atoms with E-state index in [1.54, 1.807) is 78.9 Å². The summed E-state index contributed by atoms with van der Waals surface area (Å²) in [6.07, 6.45) is 5.90. The zero-order valence-corrected chi connectivity index (χ0v) is 19.6. The van der Waals surface area contributed by atoms with E-state index in [1.807, 2.05) is 6.07 Å². The summed E-state index contributed by atoms with van der Waals surface area (Å²) in [5.74, 6) is -0.428. The maximum atomic E-state index is 12.6. The quantitative estimate of drug-likeness (QED) is 0.152. The molecule has 0 saturated heterocycles. The third-order valence-corrected chi connectivity index (χ3v) is 5.03. The fourth-order valence-corrected chi connectivity index (χ4v) is 3.20. The van der Waals surface area contributed by atoms with Crippen LogP contribution in [0.3, 0.4) is 0 Å². The molecule has 3 aromatic carbocycles. The molecule has 0 radical (unpaired) electrons. The highest BCUT2D eigenvalue weighted by Gasteiger charge is 2.15. The van der Waals surface area contributed by atoms with Crippen LogP contribution in [0.15, 0.2) is 91.0 Å². The molecule has 0 saturated carbocycles. The number of ether oxygens (including phenoxy) is 3. The number of benzene rings is 3. The number of carbonyl (C=O) groups is 2. The van der Waals surface area contributed by atoms with Gasteiger partial charge in [0.05, 0.1) is 24.2 Å². The normalized spacial score (nSPS) is 11.8.